The lowest BCUT2D eigenvalue weighted by Gasteiger charge is -2.20. The maximum absolute atomic E-state index is 12.5. The number of carbonyl (C=O) groups excluding carboxylic acids is 1. The van der Waals surface area contributed by atoms with Gasteiger partial charge in [0.1, 0.15) is 11.5 Å². The number of ether oxygens (including phenoxy) is 4. The molecule has 0 aromatic heterocycles. The van der Waals surface area contributed by atoms with Gasteiger partial charge >= 0.3 is 12.3 Å². The van der Waals surface area contributed by atoms with E-state index >= 15 is 0 Å². The summed E-state index contributed by atoms with van der Waals surface area (Å²) in [6, 6.07) is 18.1. The van der Waals surface area contributed by atoms with Crippen molar-refractivity contribution in [3.8, 4) is 34.1 Å². The van der Waals surface area contributed by atoms with Crippen molar-refractivity contribution in [1.29, 1.82) is 0 Å². The first-order valence-electron chi connectivity index (χ1n) is 11.0. The molecule has 3 rings (SSSR count). The van der Waals surface area contributed by atoms with E-state index in [0.717, 1.165) is 5.56 Å². The van der Waals surface area contributed by atoms with Crippen LogP contribution in [0.5, 0.6) is 23.0 Å². The molecule has 0 atom stereocenters. The quantitative estimate of drug-likeness (QED) is 0.312. The molecule has 0 fully saturated rings. The Morgan fingerprint density at radius 2 is 1.49 bits per heavy atom. The first kappa shape index (κ1) is 25.9. The van der Waals surface area contributed by atoms with Gasteiger partial charge in [0.2, 0.25) is 0 Å². The van der Waals surface area contributed by atoms with Crippen LogP contribution in [0.3, 0.4) is 0 Å². The summed E-state index contributed by atoms with van der Waals surface area (Å²) in [6.45, 7) is 7.86. The topological polar surface area (TPSA) is 54.0 Å². The fourth-order valence-electron chi connectivity index (χ4n) is 3.29. The van der Waals surface area contributed by atoms with Crippen LogP contribution < -0.4 is 14.2 Å². The predicted octanol–water partition coefficient (Wildman–Crippen LogP) is 7.28. The maximum Gasteiger partial charge on any atom is 0.573 e. The Hall–Kier alpha value is -3.68. The lowest BCUT2D eigenvalue weighted by atomic mass is 9.87. The fraction of sp³-hybridized carbons (Fsp3) is 0.296. The Balaban J connectivity index is 1.94. The van der Waals surface area contributed by atoms with E-state index in [2.05, 4.69) is 25.5 Å². The van der Waals surface area contributed by atoms with Gasteiger partial charge < -0.3 is 18.9 Å². The Morgan fingerprint density at radius 3 is 2.06 bits per heavy atom. The predicted molar refractivity (Wildman–Crippen MR) is 126 cm³/mol. The molecule has 0 saturated carbocycles. The zero-order valence-electron chi connectivity index (χ0n) is 19.9. The summed E-state index contributed by atoms with van der Waals surface area (Å²) in [6.07, 6.45) is -4.79. The number of hydrogen-bond donors (Lipinski definition) is 0. The van der Waals surface area contributed by atoms with Crippen molar-refractivity contribution < 1.29 is 36.9 Å². The average molecular weight is 489 g/mol. The van der Waals surface area contributed by atoms with Crippen LogP contribution in [0.2, 0.25) is 0 Å². The molecule has 0 radical (unpaired) electrons. The highest BCUT2D eigenvalue weighted by Gasteiger charge is 2.31. The van der Waals surface area contributed by atoms with E-state index in [-0.39, 0.29) is 30.1 Å². The van der Waals surface area contributed by atoms with Gasteiger partial charge in [-0.15, -0.1) is 13.2 Å². The second kappa shape index (κ2) is 10.7. The van der Waals surface area contributed by atoms with E-state index in [0.29, 0.717) is 22.6 Å². The molecule has 8 heteroatoms. The molecule has 0 unspecified atom stereocenters. The highest BCUT2D eigenvalue weighted by atomic mass is 19.4. The normalized spacial score (nSPS) is 11.6. The lowest BCUT2D eigenvalue weighted by molar-refractivity contribution is -0.274. The minimum Gasteiger partial charge on any atom is -0.477 e. The van der Waals surface area contributed by atoms with Gasteiger partial charge in [0.25, 0.3) is 0 Å². The average Bonchev–Trinajstić information content (AvgIpc) is 2.77. The smallest absolute Gasteiger partial charge is 0.477 e. The summed E-state index contributed by atoms with van der Waals surface area (Å²) < 4.78 is 58.3. The molecule has 0 aliphatic carbocycles. The van der Waals surface area contributed by atoms with Crippen molar-refractivity contribution >= 4 is 5.97 Å². The maximum atomic E-state index is 12.5. The van der Waals surface area contributed by atoms with Gasteiger partial charge in [-0.2, -0.15) is 0 Å². The number of halogens is 3. The van der Waals surface area contributed by atoms with E-state index in [4.69, 9.17) is 14.2 Å². The zero-order valence-corrected chi connectivity index (χ0v) is 19.9. The molecule has 0 saturated heterocycles. The van der Waals surface area contributed by atoms with Crippen LogP contribution in [0.1, 0.15) is 33.3 Å². The number of benzene rings is 3. The Labute approximate surface area is 202 Å². The van der Waals surface area contributed by atoms with E-state index in [1.165, 1.54) is 24.3 Å². The third-order valence-electron chi connectivity index (χ3n) is 4.97. The second-order valence-corrected chi connectivity index (χ2v) is 8.68. The highest BCUT2D eigenvalue weighted by Crippen LogP contribution is 2.41. The van der Waals surface area contributed by atoms with E-state index in [9.17, 15) is 18.0 Å². The third kappa shape index (κ3) is 7.40. The third-order valence-corrected chi connectivity index (χ3v) is 4.97. The molecule has 186 valence electrons. The van der Waals surface area contributed by atoms with Gasteiger partial charge in [-0.3, -0.25) is 0 Å². The Kier molecular flexibility index (Phi) is 7.94. The molecule has 35 heavy (non-hydrogen) atoms. The van der Waals surface area contributed by atoms with Crippen LogP contribution in [0.25, 0.3) is 11.1 Å². The molecule has 3 aromatic rings. The molecular formula is C27H27F3O5. The summed E-state index contributed by atoms with van der Waals surface area (Å²) in [5, 5.41) is 0. The van der Waals surface area contributed by atoms with Crippen molar-refractivity contribution in [2.24, 2.45) is 0 Å². The highest BCUT2D eigenvalue weighted by molar-refractivity contribution is 5.76. The fourth-order valence-corrected chi connectivity index (χ4v) is 3.29. The molecule has 5 nitrogen and oxygen atoms in total. The molecule has 0 amide bonds. The van der Waals surface area contributed by atoms with E-state index in [1.54, 1.807) is 25.1 Å². The van der Waals surface area contributed by atoms with Crippen molar-refractivity contribution in [3.63, 3.8) is 0 Å². The summed E-state index contributed by atoms with van der Waals surface area (Å²) in [4.78, 5) is 11.9. The number of carbonyl (C=O) groups is 1. The monoisotopic (exact) mass is 488 g/mol. The minimum atomic E-state index is -4.79. The van der Waals surface area contributed by atoms with Gasteiger partial charge in [-0.05, 0) is 53.8 Å². The number of alkyl halides is 3. The molecule has 3 aromatic carbocycles. The van der Waals surface area contributed by atoms with Crippen LogP contribution in [0.15, 0.2) is 66.7 Å². The Morgan fingerprint density at radius 1 is 0.857 bits per heavy atom. The second-order valence-electron chi connectivity index (χ2n) is 8.68. The molecule has 0 bridgehead atoms. The van der Waals surface area contributed by atoms with Crippen molar-refractivity contribution in [2.45, 2.75) is 39.5 Å². The van der Waals surface area contributed by atoms with Crippen LogP contribution in [-0.4, -0.2) is 25.5 Å². The Bertz CT molecular complexity index is 1130. The zero-order chi connectivity index (χ0) is 25.6. The van der Waals surface area contributed by atoms with Gasteiger partial charge in [0.05, 0.1) is 6.61 Å². The van der Waals surface area contributed by atoms with Crippen LogP contribution >= 0.6 is 0 Å². The number of para-hydroxylation sites is 1. The van der Waals surface area contributed by atoms with Gasteiger partial charge in [0.15, 0.2) is 18.1 Å². The van der Waals surface area contributed by atoms with Crippen LogP contribution in [0.4, 0.5) is 13.2 Å². The number of hydrogen-bond acceptors (Lipinski definition) is 5. The molecule has 0 N–H and O–H groups in total. The van der Waals surface area contributed by atoms with Crippen molar-refractivity contribution in [1.82, 2.24) is 0 Å². The van der Waals surface area contributed by atoms with Crippen LogP contribution in [0, 0.1) is 0 Å². The summed E-state index contributed by atoms with van der Waals surface area (Å²) in [7, 11) is 0. The standard InChI is InChI=1S/C27H27F3O5/c1-5-32-24(31)17-33-25-22(18-9-13-21(14-10-18)35-27(28,29)30)7-6-8-23(25)34-20-15-11-19(12-16-20)26(2,3)4/h6-16H,5,17H2,1-4H3. The van der Waals surface area contributed by atoms with Crippen LogP contribution in [-0.2, 0) is 14.9 Å². The first-order chi connectivity index (χ1) is 16.5. The van der Waals surface area contributed by atoms with Crippen molar-refractivity contribution in [2.75, 3.05) is 13.2 Å². The molecule has 0 spiro atoms. The lowest BCUT2D eigenvalue weighted by Crippen LogP contribution is -2.17. The molecule has 0 aliphatic heterocycles. The summed E-state index contributed by atoms with van der Waals surface area (Å²) >= 11 is 0. The molecule has 0 aliphatic rings. The van der Waals surface area contributed by atoms with E-state index < -0.39 is 12.3 Å². The summed E-state index contributed by atoms with van der Waals surface area (Å²) in [5.41, 5.74) is 2.19. The first-order valence-corrected chi connectivity index (χ1v) is 11.0. The summed E-state index contributed by atoms with van der Waals surface area (Å²) in [5.74, 6) is 0.249. The number of rotatable bonds is 8. The van der Waals surface area contributed by atoms with Gasteiger partial charge in [0, 0.05) is 5.56 Å². The number of esters is 1. The minimum absolute atomic E-state index is 0.0195. The van der Waals surface area contributed by atoms with Gasteiger partial charge in [-0.25, -0.2) is 4.79 Å². The SMILES string of the molecule is CCOC(=O)COc1c(Oc2ccc(C(C)(C)C)cc2)cccc1-c1ccc(OC(F)(F)F)cc1. The van der Waals surface area contributed by atoms with Crippen molar-refractivity contribution in [3.05, 3.63) is 72.3 Å². The largest absolute Gasteiger partial charge is 0.573 e. The van der Waals surface area contributed by atoms with Gasteiger partial charge in [-0.1, -0.05) is 57.2 Å². The van der Waals surface area contributed by atoms with E-state index in [1.807, 2.05) is 24.3 Å². The molecule has 0 heterocycles. The molecular weight excluding hydrogens is 461 g/mol.